The fourth-order valence-electron chi connectivity index (χ4n) is 3.08. The second kappa shape index (κ2) is 4.31. The molecule has 104 valence electrons. The average Bonchev–Trinajstić information content (AvgIpc) is 2.86. The van der Waals surface area contributed by atoms with Crippen molar-refractivity contribution in [3.8, 4) is 0 Å². The number of halogens is 1. The zero-order chi connectivity index (χ0) is 13.9. The van der Waals surface area contributed by atoms with E-state index in [1.165, 1.54) is 12.1 Å². The molecule has 1 aromatic carbocycles. The lowest BCUT2D eigenvalue weighted by Crippen LogP contribution is -2.46. The van der Waals surface area contributed by atoms with Gasteiger partial charge < -0.3 is 10.3 Å². The third-order valence-electron chi connectivity index (χ3n) is 4.16. The quantitative estimate of drug-likeness (QED) is 0.691. The second-order valence-corrected chi connectivity index (χ2v) is 6.49. The molecule has 5 atom stereocenters. The summed E-state index contributed by atoms with van der Waals surface area (Å²) < 4.78 is 17.2. The molecule has 20 heavy (non-hydrogen) atoms. The first kappa shape index (κ1) is 12.4. The molecule has 1 aromatic heterocycles. The number of imidazole rings is 1. The van der Waals surface area contributed by atoms with Crippen molar-refractivity contribution in [3.05, 3.63) is 48.2 Å². The summed E-state index contributed by atoms with van der Waals surface area (Å²) in [5.74, 6) is 0.102. The Hall–Kier alpha value is -1.37. The first-order valence-corrected chi connectivity index (χ1v) is 7.38. The zero-order valence-electron chi connectivity index (χ0n) is 11.0. The molecule has 6 heteroatoms. The minimum atomic E-state index is -0.200. The highest BCUT2D eigenvalue weighted by atomic mass is 32.2. The van der Waals surface area contributed by atoms with Crippen molar-refractivity contribution in [1.82, 2.24) is 13.9 Å². The Balaban J connectivity index is 1.49. The number of benzene rings is 1. The molecule has 1 saturated carbocycles. The van der Waals surface area contributed by atoms with Crippen LogP contribution in [0, 0.1) is 5.82 Å². The van der Waals surface area contributed by atoms with Crippen LogP contribution in [-0.2, 0) is 7.05 Å². The number of rotatable bonds is 3. The molecule has 2 N–H and O–H groups in total. The predicted octanol–water partition coefficient (Wildman–Crippen LogP) is 1.74. The van der Waals surface area contributed by atoms with E-state index >= 15 is 0 Å². The van der Waals surface area contributed by atoms with E-state index in [0.29, 0.717) is 18.0 Å². The Morgan fingerprint density at radius 1 is 1.25 bits per heavy atom. The predicted molar refractivity (Wildman–Crippen MR) is 75.6 cm³/mol. The molecule has 1 saturated heterocycles. The molecule has 0 bridgehead atoms. The molecule has 1 aliphatic carbocycles. The lowest BCUT2D eigenvalue weighted by atomic mass is 9.76. The Morgan fingerprint density at radius 3 is 2.65 bits per heavy atom. The zero-order valence-corrected chi connectivity index (χ0v) is 11.8. The standard InChI is InChI=1S/C14H15FN4S/c1-18-6-10(17-7-18)20-19-13-11(12(16)14(13)19)8-2-4-9(15)5-3-8/h2-7,11-14H,16H2,1H3. The molecule has 4 nitrogen and oxygen atoms in total. The lowest BCUT2D eigenvalue weighted by molar-refractivity contribution is 0.426. The Morgan fingerprint density at radius 2 is 2.00 bits per heavy atom. The van der Waals surface area contributed by atoms with Gasteiger partial charge in [0.15, 0.2) is 0 Å². The van der Waals surface area contributed by atoms with Gasteiger partial charge in [-0.1, -0.05) is 12.1 Å². The highest BCUT2D eigenvalue weighted by molar-refractivity contribution is 7.97. The number of nitrogens with two attached hydrogens (primary N) is 1. The Labute approximate surface area is 120 Å². The highest BCUT2D eigenvalue weighted by Crippen LogP contribution is 2.58. The van der Waals surface area contributed by atoms with Crippen molar-refractivity contribution in [2.75, 3.05) is 0 Å². The van der Waals surface area contributed by atoms with E-state index < -0.39 is 0 Å². The summed E-state index contributed by atoms with van der Waals surface area (Å²) >= 11 is 1.66. The van der Waals surface area contributed by atoms with E-state index in [9.17, 15) is 4.39 Å². The van der Waals surface area contributed by atoms with Crippen LogP contribution in [-0.4, -0.2) is 32.0 Å². The molecule has 0 radical (unpaired) electrons. The van der Waals surface area contributed by atoms with Gasteiger partial charge >= 0.3 is 0 Å². The number of hydrogen-bond donors (Lipinski definition) is 1. The van der Waals surface area contributed by atoms with Gasteiger partial charge in [0.2, 0.25) is 0 Å². The van der Waals surface area contributed by atoms with Gasteiger partial charge in [0, 0.05) is 31.2 Å². The SMILES string of the molecule is Cn1cnc(SN2C3C(N)C(c4ccc(F)cc4)C32)c1. The van der Waals surface area contributed by atoms with Crippen LogP contribution in [0.1, 0.15) is 11.5 Å². The van der Waals surface area contributed by atoms with Crippen LogP contribution in [0.25, 0.3) is 0 Å². The molecular formula is C14H15FN4S. The third kappa shape index (κ3) is 1.79. The number of fused-ring (bicyclic) bond motifs is 1. The van der Waals surface area contributed by atoms with Crippen LogP contribution in [0.15, 0.2) is 41.8 Å². The summed E-state index contributed by atoms with van der Waals surface area (Å²) in [6, 6.07) is 7.72. The van der Waals surface area contributed by atoms with E-state index in [2.05, 4.69) is 9.29 Å². The number of aryl methyl sites for hydroxylation is 1. The van der Waals surface area contributed by atoms with Crippen molar-refractivity contribution < 1.29 is 4.39 Å². The van der Waals surface area contributed by atoms with E-state index in [1.807, 2.05) is 29.9 Å². The molecule has 4 rings (SSSR count). The van der Waals surface area contributed by atoms with Crippen LogP contribution in [0.4, 0.5) is 4.39 Å². The van der Waals surface area contributed by atoms with Crippen LogP contribution in [0.3, 0.4) is 0 Å². The summed E-state index contributed by atoms with van der Waals surface area (Å²) in [5.41, 5.74) is 7.38. The fraction of sp³-hybridized carbons (Fsp3) is 0.357. The summed E-state index contributed by atoms with van der Waals surface area (Å²) in [4.78, 5) is 4.32. The van der Waals surface area contributed by atoms with Crippen molar-refractivity contribution in [2.45, 2.75) is 29.1 Å². The van der Waals surface area contributed by atoms with Crippen molar-refractivity contribution in [1.29, 1.82) is 0 Å². The lowest BCUT2D eigenvalue weighted by Gasteiger charge is -2.30. The molecule has 5 unspecified atom stereocenters. The van der Waals surface area contributed by atoms with Gasteiger partial charge in [0.05, 0.1) is 12.4 Å². The Kier molecular flexibility index (Phi) is 2.67. The monoisotopic (exact) mass is 290 g/mol. The maximum absolute atomic E-state index is 13.0. The minimum absolute atomic E-state index is 0.127. The van der Waals surface area contributed by atoms with E-state index in [1.54, 1.807) is 18.3 Å². The van der Waals surface area contributed by atoms with Crippen LogP contribution >= 0.6 is 11.9 Å². The van der Waals surface area contributed by atoms with Gasteiger partial charge in [-0.3, -0.25) is 0 Å². The molecule has 2 fully saturated rings. The first-order chi connectivity index (χ1) is 9.65. The molecule has 2 aromatic rings. The molecule has 2 aliphatic rings. The van der Waals surface area contributed by atoms with Crippen LogP contribution < -0.4 is 5.73 Å². The van der Waals surface area contributed by atoms with Gasteiger partial charge in [-0.25, -0.2) is 13.7 Å². The summed E-state index contributed by atoms with van der Waals surface area (Å²) in [7, 11) is 1.96. The average molecular weight is 290 g/mol. The van der Waals surface area contributed by atoms with Gasteiger partial charge in [0.25, 0.3) is 0 Å². The van der Waals surface area contributed by atoms with Gasteiger partial charge in [-0.15, -0.1) is 0 Å². The Bertz CT molecular complexity index is 641. The maximum Gasteiger partial charge on any atom is 0.129 e. The maximum atomic E-state index is 13.0. The first-order valence-electron chi connectivity index (χ1n) is 6.60. The van der Waals surface area contributed by atoms with E-state index in [-0.39, 0.29) is 11.9 Å². The van der Waals surface area contributed by atoms with Crippen LogP contribution in [0.2, 0.25) is 0 Å². The summed E-state index contributed by atoms with van der Waals surface area (Å²) in [5, 5.41) is 0.993. The summed E-state index contributed by atoms with van der Waals surface area (Å²) in [6.45, 7) is 0. The normalized spacial score (nSPS) is 34.5. The largest absolute Gasteiger partial charge is 0.339 e. The molecule has 0 spiro atoms. The van der Waals surface area contributed by atoms with E-state index in [4.69, 9.17) is 5.73 Å². The van der Waals surface area contributed by atoms with Crippen LogP contribution in [0.5, 0.6) is 0 Å². The van der Waals surface area contributed by atoms with Gasteiger partial charge in [-0.2, -0.15) is 0 Å². The smallest absolute Gasteiger partial charge is 0.129 e. The molecule has 2 heterocycles. The fourth-order valence-corrected chi connectivity index (χ4v) is 4.31. The highest BCUT2D eigenvalue weighted by Gasteiger charge is 2.68. The van der Waals surface area contributed by atoms with Gasteiger partial charge in [-0.05, 0) is 29.6 Å². The topological polar surface area (TPSA) is 46.8 Å². The van der Waals surface area contributed by atoms with E-state index in [0.717, 1.165) is 10.6 Å². The summed E-state index contributed by atoms with van der Waals surface area (Å²) in [6.07, 6.45) is 3.80. The van der Waals surface area contributed by atoms with Gasteiger partial charge in [0.1, 0.15) is 10.8 Å². The number of hydrogen-bond acceptors (Lipinski definition) is 4. The number of nitrogens with zero attached hydrogens (tertiary/aromatic N) is 3. The molecule has 0 amide bonds. The number of aromatic nitrogens is 2. The second-order valence-electron chi connectivity index (χ2n) is 5.46. The molecule has 1 aliphatic heterocycles. The van der Waals surface area contributed by atoms with Crippen molar-refractivity contribution >= 4 is 11.9 Å². The van der Waals surface area contributed by atoms with Crippen molar-refractivity contribution in [3.63, 3.8) is 0 Å². The molecular weight excluding hydrogens is 275 g/mol. The van der Waals surface area contributed by atoms with Crippen molar-refractivity contribution in [2.24, 2.45) is 12.8 Å². The minimum Gasteiger partial charge on any atom is -0.339 e. The third-order valence-corrected chi connectivity index (χ3v) is 5.26.